The lowest BCUT2D eigenvalue weighted by Crippen LogP contribution is -2.57. The van der Waals surface area contributed by atoms with Crippen molar-refractivity contribution >= 4 is 17.8 Å². The van der Waals surface area contributed by atoms with Crippen LogP contribution in [-0.4, -0.2) is 67.9 Å². The fourth-order valence-electron chi connectivity index (χ4n) is 7.93. The molecule has 11 nitrogen and oxygen atoms in total. The molecular weight excluding hydrogens is 628 g/mol. The number of aliphatic hydroxyl groups is 1. The van der Waals surface area contributed by atoms with Crippen molar-refractivity contribution in [1.82, 2.24) is 10.2 Å². The van der Waals surface area contributed by atoms with Crippen LogP contribution in [0.15, 0.2) is 66.7 Å². The van der Waals surface area contributed by atoms with Crippen molar-refractivity contribution in [2.45, 2.75) is 69.4 Å². The largest absolute Gasteiger partial charge is 0.497 e. The van der Waals surface area contributed by atoms with Crippen LogP contribution < -0.4 is 24.3 Å². The number of amides is 2. The fraction of sp³-hybridized carbons (Fsp3) is 0.447. The van der Waals surface area contributed by atoms with Crippen LogP contribution in [0.5, 0.6) is 23.0 Å². The summed E-state index contributed by atoms with van der Waals surface area (Å²) in [6, 6.07) is 19.7. The lowest BCUT2D eigenvalue weighted by molar-refractivity contribution is -0.196. The first-order valence-electron chi connectivity index (χ1n) is 16.7. The number of benzene rings is 3. The van der Waals surface area contributed by atoms with Gasteiger partial charge in [-0.1, -0.05) is 56.3 Å². The zero-order valence-corrected chi connectivity index (χ0v) is 28.7. The molecule has 1 saturated heterocycles. The zero-order valence-electron chi connectivity index (χ0n) is 28.7. The van der Waals surface area contributed by atoms with Gasteiger partial charge in [-0.15, -0.1) is 0 Å². The summed E-state index contributed by atoms with van der Waals surface area (Å²) in [5.41, 5.74) is -2.40. The fourth-order valence-corrected chi connectivity index (χ4v) is 7.93. The third-order valence-corrected chi connectivity index (χ3v) is 10.4. The molecule has 1 aliphatic carbocycles. The highest BCUT2D eigenvalue weighted by Gasteiger charge is 2.78. The Hall–Kier alpha value is -4.77. The molecule has 0 radical (unpaired) electrons. The molecule has 0 aromatic heterocycles. The van der Waals surface area contributed by atoms with E-state index in [2.05, 4.69) is 5.32 Å². The van der Waals surface area contributed by atoms with E-state index in [1.807, 2.05) is 44.2 Å². The summed E-state index contributed by atoms with van der Waals surface area (Å²) in [5, 5.41) is 16.6. The average molecular weight is 673 g/mol. The van der Waals surface area contributed by atoms with E-state index in [0.717, 1.165) is 0 Å². The van der Waals surface area contributed by atoms with Crippen molar-refractivity contribution in [2.75, 3.05) is 27.9 Å². The van der Waals surface area contributed by atoms with Crippen molar-refractivity contribution in [3.63, 3.8) is 0 Å². The summed E-state index contributed by atoms with van der Waals surface area (Å²) >= 11 is 0. The Morgan fingerprint density at radius 2 is 1.69 bits per heavy atom. The Balaban J connectivity index is 1.66. The van der Waals surface area contributed by atoms with Gasteiger partial charge in [0.25, 0.3) is 0 Å². The molecule has 3 aromatic rings. The summed E-state index contributed by atoms with van der Waals surface area (Å²) in [5.74, 6) is -2.24. The lowest BCUT2D eigenvalue weighted by Gasteiger charge is -2.46. The summed E-state index contributed by atoms with van der Waals surface area (Å²) in [6.45, 7) is 5.41. The number of rotatable bonds is 10. The van der Waals surface area contributed by atoms with Crippen LogP contribution in [0, 0.1) is 11.8 Å². The maximum Gasteiger partial charge on any atom is 0.303 e. The van der Waals surface area contributed by atoms with Crippen LogP contribution in [0.2, 0.25) is 0 Å². The maximum absolute atomic E-state index is 15.4. The van der Waals surface area contributed by atoms with E-state index in [-0.39, 0.29) is 28.9 Å². The standard InChI is InChI=1S/C38H44N2O9/c1-7-22(2)34(42)39-30-14-11-19-40(30)35(43)33-31(24-12-9-8-10-13-24)38(25-15-17-26(45-4)18-16-25)36(48-23(3)41)37(33,44)32-28(47-6)20-27(46-5)21-29(32)49-38/h8-10,12-13,15-18,20-22,30-31,33,36,44H,7,11,14,19H2,1-6H3,(H,39,42)/t22-,30+,31+,33+,36-,37+,38+/m1/s1. The molecular formula is C38H44N2O9. The molecule has 49 heavy (non-hydrogen) atoms. The number of carbonyl (C=O) groups excluding carboxylic acids is 3. The maximum atomic E-state index is 15.4. The van der Waals surface area contributed by atoms with Crippen LogP contribution >= 0.6 is 0 Å². The third kappa shape index (κ3) is 5.44. The van der Waals surface area contributed by atoms with Gasteiger partial charge in [-0.3, -0.25) is 14.4 Å². The number of likely N-dealkylation sites (tertiary alicyclic amines) is 1. The molecule has 2 fully saturated rings. The number of ether oxygens (including phenoxy) is 5. The number of carbonyl (C=O) groups is 3. The van der Waals surface area contributed by atoms with Crippen LogP contribution in [0.1, 0.15) is 62.6 Å². The minimum Gasteiger partial charge on any atom is -0.497 e. The molecule has 0 spiro atoms. The molecule has 1 saturated carbocycles. The predicted octanol–water partition coefficient (Wildman–Crippen LogP) is 4.64. The van der Waals surface area contributed by atoms with Crippen molar-refractivity contribution in [1.29, 1.82) is 0 Å². The number of nitrogens with zero attached hydrogens (tertiary/aromatic N) is 1. The van der Waals surface area contributed by atoms with E-state index in [0.29, 0.717) is 48.4 Å². The average Bonchev–Trinajstić information content (AvgIpc) is 3.63. The minimum atomic E-state index is -2.18. The van der Waals surface area contributed by atoms with Gasteiger partial charge in [-0.05, 0) is 37.0 Å². The monoisotopic (exact) mass is 672 g/mol. The zero-order chi connectivity index (χ0) is 35.1. The Morgan fingerprint density at radius 3 is 2.31 bits per heavy atom. The van der Waals surface area contributed by atoms with E-state index < -0.39 is 47.2 Å². The van der Waals surface area contributed by atoms with Gasteiger partial charge in [0.2, 0.25) is 11.8 Å². The molecule has 2 heterocycles. The van der Waals surface area contributed by atoms with E-state index in [1.54, 1.807) is 48.4 Å². The number of hydrogen-bond acceptors (Lipinski definition) is 9. The lowest BCUT2D eigenvalue weighted by atomic mass is 9.75. The highest BCUT2D eigenvalue weighted by Crippen LogP contribution is 2.69. The summed E-state index contributed by atoms with van der Waals surface area (Å²) in [7, 11) is 4.52. The number of fused-ring (bicyclic) bond motifs is 4. The first kappa shape index (κ1) is 34.1. The summed E-state index contributed by atoms with van der Waals surface area (Å²) in [6.07, 6.45) is -0.147. The second kappa shape index (κ2) is 13.3. The predicted molar refractivity (Wildman–Crippen MR) is 179 cm³/mol. The molecule has 2 amide bonds. The van der Waals surface area contributed by atoms with Gasteiger partial charge in [-0.25, -0.2) is 0 Å². The van der Waals surface area contributed by atoms with Crippen LogP contribution in [0.25, 0.3) is 0 Å². The normalized spacial score (nSPS) is 27.4. The second-order valence-electron chi connectivity index (χ2n) is 13.0. The molecule has 11 heteroatoms. The number of hydrogen-bond donors (Lipinski definition) is 2. The molecule has 260 valence electrons. The SMILES string of the molecule is CC[C@@H](C)C(=O)N[C@@H]1CCCN1C(=O)[C@@H]1[C@H](c2ccccc2)[C@]2(c3ccc(OC)cc3)Oc3cc(OC)cc(OC)c3[C@@]1(O)[C@H]2OC(C)=O. The minimum absolute atomic E-state index is 0.148. The van der Waals surface area contributed by atoms with E-state index in [9.17, 15) is 14.7 Å². The van der Waals surface area contributed by atoms with E-state index in [1.165, 1.54) is 21.1 Å². The quantitative estimate of drug-likeness (QED) is 0.296. The van der Waals surface area contributed by atoms with Gasteiger partial charge in [0.1, 0.15) is 29.2 Å². The topological polar surface area (TPSA) is 133 Å². The molecule has 3 aromatic carbocycles. The van der Waals surface area contributed by atoms with Gasteiger partial charge >= 0.3 is 5.97 Å². The van der Waals surface area contributed by atoms with Gasteiger partial charge in [0, 0.05) is 43.0 Å². The summed E-state index contributed by atoms with van der Waals surface area (Å²) in [4.78, 5) is 43.2. The Morgan fingerprint density at radius 1 is 1.00 bits per heavy atom. The van der Waals surface area contributed by atoms with Gasteiger partial charge in [0.05, 0.1) is 32.8 Å². The molecule has 2 bridgehead atoms. The highest BCUT2D eigenvalue weighted by molar-refractivity contribution is 5.86. The number of esters is 1. The molecule has 3 aliphatic rings. The summed E-state index contributed by atoms with van der Waals surface area (Å²) < 4.78 is 30.2. The molecule has 2 N–H and O–H groups in total. The van der Waals surface area contributed by atoms with E-state index >= 15 is 4.79 Å². The van der Waals surface area contributed by atoms with Gasteiger partial charge in [0.15, 0.2) is 17.3 Å². The molecule has 2 aliphatic heterocycles. The van der Waals surface area contributed by atoms with Gasteiger partial charge < -0.3 is 39.0 Å². The third-order valence-electron chi connectivity index (χ3n) is 10.4. The number of methoxy groups -OCH3 is 3. The van der Waals surface area contributed by atoms with Crippen molar-refractivity contribution in [2.24, 2.45) is 11.8 Å². The van der Waals surface area contributed by atoms with Crippen LogP contribution in [0.4, 0.5) is 0 Å². The van der Waals surface area contributed by atoms with E-state index in [4.69, 9.17) is 23.7 Å². The second-order valence-corrected chi connectivity index (χ2v) is 13.0. The smallest absolute Gasteiger partial charge is 0.303 e. The Bertz CT molecular complexity index is 1710. The van der Waals surface area contributed by atoms with Crippen molar-refractivity contribution in [3.05, 3.63) is 83.4 Å². The molecule has 0 unspecified atom stereocenters. The molecule has 6 rings (SSSR count). The first-order chi connectivity index (χ1) is 23.5. The van der Waals surface area contributed by atoms with Crippen LogP contribution in [-0.2, 0) is 30.3 Å². The highest BCUT2D eigenvalue weighted by atomic mass is 16.6. The first-order valence-corrected chi connectivity index (χ1v) is 16.7. The van der Waals surface area contributed by atoms with Crippen molar-refractivity contribution < 1.29 is 43.2 Å². The molecule has 7 atom stereocenters. The van der Waals surface area contributed by atoms with Crippen LogP contribution in [0.3, 0.4) is 0 Å². The Kier molecular flexibility index (Phi) is 9.23. The Labute approximate surface area is 286 Å². The van der Waals surface area contributed by atoms with Crippen molar-refractivity contribution in [3.8, 4) is 23.0 Å². The number of nitrogens with one attached hydrogen (secondary N) is 1. The van der Waals surface area contributed by atoms with Gasteiger partial charge in [-0.2, -0.15) is 0 Å².